The van der Waals surface area contributed by atoms with Gasteiger partial charge in [0.15, 0.2) is 0 Å². The maximum Gasteiger partial charge on any atom is 0.304 e. The molecule has 2 aromatic carbocycles. The van der Waals surface area contributed by atoms with Crippen molar-refractivity contribution in [3.8, 4) is 5.75 Å². The molecule has 1 aliphatic rings. The van der Waals surface area contributed by atoms with Crippen LogP contribution in [0.1, 0.15) is 50.2 Å². The van der Waals surface area contributed by atoms with Crippen LogP contribution in [0.4, 0.5) is 8.78 Å². The minimum atomic E-state index is -3.60. The van der Waals surface area contributed by atoms with E-state index in [0.717, 1.165) is 49.9 Å². The first kappa shape index (κ1) is 31.3. The number of nitrogens with zero attached hydrogens (tertiary/aromatic N) is 1. The van der Waals surface area contributed by atoms with Crippen LogP contribution in [0.3, 0.4) is 0 Å². The van der Waals surface area contributed by atoms with Crippen molar-refractivity contribution in [2.45, 2.75) is 50.6 Å². The van der Waals surface area contributed by atoms with Crippen molar-refractivity contribution in [3.05, 3.63) is 108 Å². The summed E-state index contributed by atoms with van der Waals surface area (Å²) in [4.78, 5) is 1.79. The Labute approximate surface area is 242 Å². The standard InChI is InChI=1S/C33H39ClF2N2O2/c1-5-30(37-8-4)28-18-17-27(24-29(28)34)40-23-13-12-14-25-19-21-38(22-20-25)31(6-2)33(39,32(35,36)7-3)26-15-10-9-11-16-26/h7,9-11,15-18,24-25,37,39H,1-3,8,12-14,19-23H2,4H3. The van der Waals surface area contributed by atoms with E-state index in [1.165, 1.54) is 12.1 Å². The number of rotatable bonds is 14. The molecular formula is C33H39ClF2N2O2. The third kappa shape index (κ3) is 7.08. The molecule has 1 aliphatic heterocycles. The minimum absolute atomic E-state index is 0.0127. The number of nitrogens with one attached hydrogen (secondary N) is 1. The van der Waals surface area contributed by atoms with Gasteiger partial charge in [0.1, 0.15) is 5.75 Å². The van der Waals surface area contributed by atoms with Gasteiger partial charge in [-0.1, -0.05) is 68.1 Å². The molecule has 1 saturated heterocycles. The van der Waals surface area contributed by atoms with Crippen molar-refractivity contribution in [1.29, 1.82) is 0 Å². The van der Waals surface area contributed by atoms with Gasteiger partial charge >= 0.3 is 5.92 Å². The van der Waals surface area contributed by atoms with E-state index in [1.54, 1.807) is 29.2 Å². The average Bonchev–Trinajstić information content (AvgIpc) is 2.97. The van der Waals surface area contributed by atoms with Crippen LogP contribution >= 0.6 is 11.6 Å². The van der Waals surface area contributed by atoms with Crippen LogP contribution in [0.25, 0.3) is 5.70 Å². The number of ether oxygens (including phenoxy) is 1. The highest BCUT2D eigenvalue weighted by Crippen LogP contribution is 2.45. The molecule has 0 aromatic heterocycles. The monoisotopic (exact) mass is 568 g/mol. The Morgan fingerprint density at radius 1 is 1.15 bits per heavy atom. The number of likely N-dealkylation sites (tertiary alicyclic amines) is 1. The van der Waals surface area contributed by atoms with Crippen molar-refractivity contribution < 1.29 is 18.6 Å². The lowest BCUT2D eigenvalue weighted by Gasteiger charge is -2.43. The van der Waals surface area contributed by atoms with E-state index < -0.39 is 11.5 Å². The van der Waals surface area contributed by atoms with Crippen LogP contribution in [-0.2, 0) is 5.60 Å². The summed E-state index contributed by atoms with van der Waals surface area (Å²) in [5, 5.41) is 15.2. The van der Waals surface area contributed by atoms with Crippen LogP contribution in [0, 0.1) is 5.92 Å². The molecule has 1 atom stereocenters. The lowest BCUT2D eigenvalue weighted by Crippen LogP contribution is -2.51. The molecule has 4 nitrogen and oxygen atoms in total. The van der Waals surface area contributed by atoms with Gasteiger partial charge in [0, 0.05) is 25.2 Å². The molecule has 0 saturated carbocycles. The molecule has 2 aromatic rings. The summed E-state index contributed by atoms with van der Waals surface area (Å²) in [6, 6.07) is 13.5. The lowest BCUT2D eigenvalue weighted by molar-refractivity contribution is -0.145. The van der Waals surface area contributed by atoms with Crippen LogP contribution < -0.4 is 10.1 Å². The van der Waals surface area contributed by atoms with E-state index in [4.69, 9.17) is 16.3 Å². The molecule has 3 rings (SSSR count). The number of hydrogen-bond donors (Lipinski definition) is 2. The molecule has 1 fully saturated rings. The van der Waals surface area contributed by atoms with E-state index in [9.17, 15) is 5.11 Å². The van der Waals surface area contributed by atoms with Crippen LogP contribution in [-0.4, -0.2) is 42.2 Å². The summed E-state index contributed by atoms with van der Waals surface area (Å²) in [6.07, 6.45) is 5.07. The van der Waals surface area contributed by atoms with Gasteiger partial charge in [-0.25, -0.2) is 0 Å². The van der Waals surface area contributed by atoms with E-state index in [2.05, 4.69) is 36.5 Å². The fraction of sp³-hybridized carbons (Fsp3) is 0.394. The zero-order valence-corrected chi connectivity index (χ0v) is 24.0. The van der Waals surface area contributed by atoms with Gasteiger partial charge in [0.2, 0.25) is 5.60 Å². The highest BCUT2D eigenvalue weighted by Gasteiger charge is 2.56. The summed E-state index contributed by atoms with van der Waals surface area (Å²) in [5.74, 6) is -2.42. The Hall–Kier alpha value is -3.27. The molecule has 0 spiro atoms. The van der Waals surface area contributed by atoms with Crippen molar-refractivity contribution in [1.82, 2.24) is 10.2 Å². The molecular weight excluding hydrogens is 530 g/mol. The summed E-state index contributed by atoms with van der Waals surface area (Å²) in [5.41, 5.74) is 4.59. The molecule has 40 heavy (non-hydrogen) atoms. The molecule has 0 radical (unpaired) electrons. The van der Waals surface area contributed by atoms with Crippen LogP contribution in [0.2, 0.25) is 5.02 Å². The summed E-state index contributed by atoms with van der Waals surface area (Å²) in [7, 11) is 0. The minimum Gasteiger partial charge on any atom is -0.494 e. The first-order chi connectivity index (χ1) is 19.2. The van der Waals surface area contributed by atoms with E-state index in [0.29, 0.717) is 42.5 Å². The van der Waals surface area contributed by atoms with Crippen molar-refractivity contribution >= 4 is 17.3 Å². The number of aliphatic hydroxyl groups is 1. The third-order valence-corrected chi connectivity index (χ3v) is 7.70. The highest BCUT2D eigenvalue weighted by molar-refractivity contribution is 6.32. The van der Waals surface area contributed by atoms with E-state index in [1.807, 2.05) is 19.1 Å². The second-order valence-corrected chi connectivity index (χ2v) is 10.3. The molecule has 214 valence electrons. The van der Waals surface area contributed by atoms with Gasteiger partial charge in [0.05, 0.1) is 23.0 Å². The molecule has 7 heteroatoms. The summed E-state index contributed by atoms with van der Waals surface area (Å²) >= 11 is 6.44. The summed E-state index contributed by atoms with van der Waals surface area (Å²) in [6.45, 7) is 15.1. The lowest BCUT2D eigenvalue weighted by atomic mass is 9.82. The molecule has 0 amide bonds. The Morgan fingerprint density at radius 3 is 2.42 bits per heavy atom. The quantitative estimate of drug-likeness (QED) is 0.139. The third-order valence-electron chi connectivity index (χ3n) is 7.39. The molecule has 0 bridgehead atoms. The van der Waals surface area contributed by atoms with Gasteiger partial charge < -0.3 is 20.1 Å². The summed E-state index contributed by atoms with van der Waals surface area (Å²) < 4.78 is 36.2. The fourth-order valence-corrected chi connectivity index (χ4v) is 5.44. The largest absolute Gasteiger partial charge is 0.494 e. The van der Waals surface area contributed by atoms with Crippen molar-refractivity contribution in [3.63, 3.8) is 0 Å². The first-order valence-electron chi connectivity index (χ1n) is 13.7. The number of unbranched alkanes of at least 4 members (excludes halogenated alkanes) is 1. The van der Waals surface area contributed by atoms with Crippen molar-refractivity contribution in [2.75, 3.05) is 26.2 Å². The maximum absolute atomic E-state index is 15.1. The zero-order chi connectivity index (χ0) is 29.2. The Morgan fingerprint density at radius 2 is 1.85 bits per heavy atom. The normalized spacial score (nSPS) is 15.4. The highest BCUT2D eigenvalue weighted by atomic mass is 35.5. The topological polar surface area (TPSA) is 44.7 Å². The second-order valence-electron chi connectivity index (χ2n) is 9.93. The number of alkyl halides is 2. The number of hydrogen-bond acceptors (Lipinski definition) is 4. The van der Waals surface area contributed by atoms with Gasteiger partial charge in [-0.3, -0.25) is 0 Å². The van der Waals surface area contributed by atoms with E-state index in [-0.39, 0.29) is 11.3 Å². The Kier molecular flexibility index (Phi) is 11.2. The van der Waals surface area contributed by atoms with Crippen LogP contribution in [0.5, 0.6) is 5.75 Å². The fourth-order valence-electron chi connectivity index (χ4n) is 5.17. The zero-order valence-electron chi connectivity index (χ0n) is 23.2. The first-order valence-corrected chi connectivity index (χ1v) is 14.1. The number of halogens is 3. The molecule has 1 unspecified atom stereocenters. The van der Waals surface area contributed by atoms with E-state index >= 15 is 8.78 Å². The predicted octanol–water partition coefficient (Wildman–Crippen LogP) is 7.71. The SMILES string of the molecule is C=C=C(NCC)c1ccc(OCCCCC2CCN(C(=C=C)C(O)(c3ccccc3)C(F)(F)C=C)CC2)cc1Cl. The maximum atomic E-state index is 15.1. The van der Waals surface area contributed by atoms with Gasteiger partial charge in [-0.05, 0) is 68.4 Å². The Bertz CT molecular complexity index is 1240. The van der Waals surface area contributed by atoms with Gasteiger partial charge in [0.25, 0.3) is 0 Å². The van der Waals surface area contributed by atoms with Crippen LogP contribution in [0.15, 0.2) is 91.5 Å². The van der Waals surface area contributed by atoms with Crippen molar-refractivity contribution in [2.24, 2.45) is 5.92 Å². The van der Waals surface area contributed by atoms with Gasteiger partial charge in [-0.15, -0.1) is 11.5 Å². The van der Waals surface area contributed by atoms with Gasteiger partial charge in [-0.2, -0.15) is 8.78 Å². The number of piperidine rings is 1. The smallest absolute Gasteiger partial charge is 0.304 e. The molecule has 2 N–H and O–H groups in total. The number of benzene rings is 2. The average molecular weight is 569 g/mol. The molecule has 1 heterocycles. The Balaban J connectivity index is 1.50. The second kappa shape index (κ2) is 14.4. The molecule has 0 aliphatic carbocycles. The predicted molar refractivity (Wildman–Crippen MR) is 159 cm³/mol.